The zero-order chi connectivity index (χ0) is 82.4. The Morgan fingerprint density at radius 1 is 0.395 bits per heavy atom. The van der Waals surface area contributed by atoms with E-state index in [1.807, 2.05) is 4.90 Å². The summed E-state index contributed by atoms with van der Waals surface area (Å²) in [6, 6.07) is -5.67. The molecule has 0 aromatic carbocycles. The Morgan fingerprint density at radius 2 is 0.658 bits per heavy atom. The van der Waals surface area contributed by atoms with E-state index in [4.69, 9.17) is 56.8 Å². The lowest BCUT2D eigenvalue weighted by Crippen LogP contribution is -2.64. The second-order valence-corrected chi connectivity index (χ2v) is 27.5. The van der Waals surface area contributed by atoms with Crippen molar-refractivity contribution in [2.45, 2.75) is 228 Å². The maximum absolute atomic E-state index is 13.6. The van der Waals surface area contributed by atoms with Gasteiger partial charge in [0.1, 0.15) is 103 Å². The van der Waals surface area contributed by atoms with E-state index in [0.29, 0.717) is 42.2 Å². The number of nitrogens with zero attached hydrogens (tertiary/aromatic N) is 14. The zero-order valence-electron chi connectivity index (χ0n) is 63.7. The predicted octanol–water partition coefficient (Wildman–Crippen LogP) is -10.7. The van der Waals surface area contributed by atoms with Crippen LogP contribution in [0.15, 0.2) is 24.8 Å². The molecule has 4 aliphatic heterocycles. The fourth-order valence-electron chi connectivity index (χ4n) is 13.0. The highest BCUT2D eigenvalue weighted by Crippen LogP contribution is 2.27. The van der Waals surface area contributed by atoms with Gasteiger partial charge in [-0.1, -0.05) is 27.3 Å². The molecule has 4 aliphatic rings. The molecule has 4 aromatic rings. The van der Waals surface area contributed by atoms with Crippen molar-refractivity contribution in [2.75, 3.05) is 112 Å². The number of aliphatic hydroxyl groups excluding tert-OH is 12. The summed E-state index contributed by atoms with van der Waals surface area (Å²) in [4.78, 5) is 64.8. The van der Waals surface area contributed by atoms with Crippen molar-refractivity contribution in [3.63, 3.8) is 0 Å². The van der Waals surface area contributed by atoms with Gasteiger partial charge in [0, 0.05) is 78.7 Å². The number of carbonyl (C=O) groups is 5. The fraction of sp³-hybridized carbons (Fsp3) is 0.803. The molecule has 0 saturated carbocycles. The third-order valence-electron chi connectivity index (χ3n) is 18.7. The number of aliphatic carboxylic acids is 1. The average molecular weight is 1640 g/mol. The molecule has 0 aliphatic carbocycles. The lowest BCUT2D eigenvalue weighted by atomic mass is 9.97. The highest BCUT2D eigenvalue weighted by Gasteiger charge is 2.49. The molecule has 17 N–H and O–H groups in total. The van der Waals surface area contributed by atoms with Crippen LogP contribution in [-0.2, 0) is 133 Å². The Kier molecular flexibility index (Phi) is 38.3. The number of unbranched alkanes of at least 4 members (excludes halogenated alkanes) is 1. The lowest BCUT2D eigenvalue weighted by molar-refractivity contribution is -0.272. The Labute approximate surface area is 653 Å². The molecule has 0 unspecified atom stereocenters. The summed E-state index contributed by atoms with van der Waals surface area (Å²) in [5, 5.41) is 179. The van der Waals surface area contributed by atoms with Gasteiger partial charge >= 0.3 is 5.97 Å². The van der Waals surface area contributed by atoms with Gasteiger partial charge in [-0.25, -0.2) is 18.7 Å². The second-order valence-electron chi connectivity index (χ2n) is 27.5. The highest BCUT2D eigenvalue weighted by atomic mass is 16.7. The normalized spacial score (nSPS) is 28.2. The van der Waals surface area contributed by atoms with Crippen LogP contribution in [0.5, 0.6) is 0 Å². The topological polar surface area (TPSA) is 637 Å². The average Bonchev–Trinajstić information content (AvgIpc) is 1.16. The maximum Gasteiger partial charge on any atom is 0.320 e. The van der Waals surface area contributed by atoms with Crippen LogP contribution < -0.4 is 21.3 Å². The molecule has 4 fully saturated rings. The first-order valence-electron chi connectivity index (χ1n) is 37.4. The Bertz CT molecular complexity index is 3290. The molecule has 48 heteroatoms. The number of nitrogens with one attached hydrogen (secondary N) is 4. The van der Waals surface area contributed by atoms with E-state index in [1.165, 1.54) is 37.1 Å². The predicted molar refractivity (Wildman–Crippen MR) is 377 cm³/mol. The van der Waals surface area contributed by atoms with E-state index in [1.54, 1.807) is 39.1 Å². The smallest absolute Gasteiger partial charge is 0.320 e. The molecule has 48 nitrogen and oxygen atoms in total. The summed E-state index contributed by atoms with van der Waals surface area (Å²) in [6.07, 6.45) is -13.7. The number of aromatic nitrogens is 12. The minimum atomic E-state index is -1.50. The molecule has 0 spiro atoms. The molecule has 4 aromatic heterocycles. The van der Waals surface area contributed by atoms with Gasteiger partial charge in [-0.15, -0.1) is 20.4 Å². The SMILES string of the molecule is CC(=O)N[C@H]1[C@H](OCCOCCn2cc(CN(CCCC[C@@H](C(=O)O)N(Cc3cn(CCOCCO[C@@H]4O[C@H](CO)[C@H](O)[C@H](O)[C@H]4NC(C)=O)nn3)Cc3cn(CCOCCO[C@@H]4O[C@H](CO)[C@H](O)[C@H](O)[C@H]4NC(C)=O)nn3)Cc3cn(CCOCCO[C@@H]4O[C@H](CO)[C@H](O)[C@H](O)[C@H]4NC(C)=O)nn3)nn2)O[C@H](CO)[C@H](O)[C@@H]1O. The fourth-order valence-corrected chi connectivity index (χ4v) is 13.0. The molecule has 0 radical (unpaired) electrons. The van der Waals surface area contributed by atoms with Crippen LogP contribution in [0.4, 0.5) is 0 Å². The maximum atomic E-state index is 13.6. The van der Waals surface area contributed by atoms with Gasteiger partial charge in [0.25, 0.3) is 0 Å². The standard InChI is InChI=1S/C66H110N18O30/c1-37(89)67-50-58(97)54(93)46(33-85)111-63(50)107-21-17-103-13-9-81-29-41(71-75-81)25-79(26-42-30-82(76-72-42)10-14-104-18-22-108-64-51(68-38(2)90)59(98)55(94)47(34-86)112-64)8-6-5-7-45(62(101)102)80(27-43-31-83(77-73-43)11-15-105-19-23-109-65-52(69-39(3)91)60(99)56(95)48(35-87)113-65)28-44-32-84(78-74-44)12-16-106-20-24-110-66-53(70-40(4)92)61(100)57(96)49(36-88)114-66/h29-32,45-61,63-66,85-88,93-100H,5-28,33-36H2,1-4H3,(H,67,89)(H,68,90)(H,69,91)(H,70,92)(H,101,102)/t45-,46+,47+,48+,49+,50+,51+,52+,53+,54-,55-,56-,57-,58+,59+,60+,61+,63+,64+,65+,66+/m0/s1. The van der Waals surface area contributed by atoms with E-state index >= 15 is 0 Å². The monoisotopic (exact) mass is 1630 g/mol. The number of amides is 4. The van der Waals surface area contributed by atoms with Gasteiger partial charge < -0.3 is 144 Å². The van der Waals surface area contributed by atoms with E-state index in [2.05, 4.69) is 62.5 Å². The van der Waals surface area contributed by atoms with Gasteiger partial charge in [-0.2, -0.15) is 0 Å². The van der Waals surface area contributed by atoms with E-state index in [-0.39, 0.29) is 138 Å². The van der Waals surface area contributed by atoms with E-state index in [0.717, 1.165) is 0 Å². The van der Waals surface area contributed by atoms with Crippen LogP contribution in [0.2, 0.25) is 0 Å². The van der Waals surface area contributed by atoms with Crippen molar-refractivity contribution >= 4 is 29.6 Å². The summed E-state index contributed by atoms with van der Waals surface area (Å²) in [7, 11) is 0. The number of rotatable bonds is 51. The van der Waals surface area contributed by atoms with Crippen LogP contribution in [0.1, 0.15) is 69.7 Å². The van der Waals surface area contributed by atoms with E-state index in [9.17, 15) is 90.4 Å². The summed E-state index contributed by atoms with van der Waals surface area (Å²) < 4.78 is 74.8. The third-order valence-corrected chi connectivity index (χ3v) is 18.7. The van der Waals surface area contributed by atoms with Gasteiger partial charge in [0.2, 0.25) is 23.6 Å². The Balaban J connectivity index is 0.895. The van der Waals surface area contributed by atoms with Crippen molar-refractivity contribution < 1.29 is 147 Å². The van der Waals surface area contributed by atoms with E-state index < -0.39 is 185 Å². The number of hydrogen-bond acceptors (Lipinski definition) is 39. The van der Waals surface area contributed by atoms with Crippen LogP contribution in [0.3, 0.4) is 0 Å². The van der Waals surface area contributed by atoms with Gasteiger partial charge in [0.15, 0.2) is 25.2 Å². The summed E-state index contributed by atoms with van der Waals surface area (Å²) >= 11 is 0. The van der Waals surface area contributed by atoms with Crippen LogP contribution in [-0.4, -0.2) is 407 Å². The Morgan fingerprint density at radius 3 is 0.904 bits per heavy atom. The number of ether oxygens (including phenoxy) is 12. The molecular formula is C66H110N18O30. The Hall–Kier alpha value is -7.13. The minimum absolute atomic E-state index is 0.0134. The van der Waals surface area contributed by atoms with Gasteiger partial charge in [-0.3, -0.25) is 33.8 Å². The molecular weight excluding hydrogens is 1520 g/mol. The number of hydrogen-bond donors (Lipinski definition) is 17. The molecule has 644 valence electrons. The molecule has 0 bridgehead atoms. The van der Waals surface area contributed by atoms with Crippen LogP contribution in [0.25, 0.3) is 0 Å². The molecule has 8 rings (SSSR count). The van der Waals surface area contributed by atoms with Gasteiger partial charge in [-0.05, 0) is 19.4 Å². The first-order valence-corrected chi connectivity index (χ1v) is 37.4. The molecule has 21 atom stereocenters. The minimum Gasteiger partial charge on any atom is -0.480 e. The number of aliphatic hydroxyl groups is 12. The quantitative estimate of drug-likeness (QED) is 0.0183. The summed E-state index contributed by atoms with van der Waals surface area (Å²) in [6.45, 7) is 4.52. The van der Waals surface area contributed by atoms with Crippen LogP contribution >= 0.6 is 0 Å². The zero-order valence-corrected chi connectivity index (χ0v) is 63.7. The third kappa shape index (κ3) is 28.3. The highest BCUT2D eigenvalue weighted by molar-refractivity contribution is 5.75. The van der Waals surface area contributed by atoms with Crippen molar-refractivity contribution in [3.05, 3.63) is 47.6 Å². The first kappa shape index (κ1) is 92.4. The summed E-state index contributed by atoms with van der Waals surface area (Å²) in [5.41, 5.74) is 1.91. The molecule has 114 heavy (non-hydrogen) atoms. The van der Waals surface area contributed by atoms with Crippen molar-refractivity contribution in [1.29, 1.82) is 0 Å². The van der Waals surface area contributed by atoms with Crippen LogP contribution in [0, 0.1) is 0 Å². The second kappa shape index (κ2) is 47.3. The number of carboxylic acids is 1. The number of carbonyl (C=O) groups excluding carboxylic acids is 4. The van der Waals surface area contributed by atoms with Crippen molar-refractivity contribution in [1.82, 2.24) is 91.0 Å². The largest absolute Gasteiger partial charge is 0.480 e. The molecule has 4 saturated heterocycles. The molecule has 8 heterocycles. The summed E-state index contributed by atoms with van der Waals surface area (Å²) in [5.74, 6) is -3.18. The first-order chi connectivity index (χ1) is 54.8. The number of carboxylic acid groups (broad SMARTS) is 1. The lowest BCUT2D eigenvalue weighted by Gasteiger charge is -2.42. The molecule has 4 amide bonds. The van der Waals surface area contributed by atoms with Crippen molar-refractivity contribution in [3.8, 4) is 0 Å². The van der Waals surface area contributed by atoms with Gasteiger partial charge in [0.05, 0.1) is 155 Å². The van der Waals surface area contributed by atoms with Crippen molar-refractivity contribution in [2.24, 2.45) is 0 Å².